The number of nitrogens with one attached hydrogen (secondary N) is 1. The highest BCUT2D eigenvalue weighted by molar-refractivity contribution is 5.42. The molecule has 2 heterocycles. The van der Waals surface area contributed by atoms with E-state index in [9.17, 15) is 0 Å². The lowest BCUT2D eigenvalue weighted by atomic mass is 10.3. The summed E-state index contributed by atoms with van der Waals surface area (Å²) in [6.45, 7) is 7.69. The average Bonchev–Trinajstić information content (AvgIpc) is 2.39. The van der Waals surface area contributed by atoms with E-state index in [-0.39, 0.29) is 0 Å². The summed E-state index contributed by atoms with van der Waals surface area (Å²) >= 11 is 0. The fourth-order valence-corrected chi connectivity index (χ4v) is 1.94. The number of likely N-dealkylation sites (N-methyl/N-ethyl adjacent to an activating group) is 1. The van der Waals surface area contributed by atoms with Crippen molar-refractivity contribution in [2.24, 2.45) is 0 Å². The van der Waals surface area contributed by atoms with Crippen LogP contribution in [-0.2, 0) is 0 Å². The molecule has 1 N–H and O–H groups in total. The zero-order valence-corrected chi connectivity index (χ0v) is 9.98. The number of hydrogen-bond acceptors (Lipinski definition) is 5. The van der Waals surface area contributed by atoms with Crippen LogP contribution in [0.1, 0.15) is 6.92 Å². The summed E-state index contributed by atoms with van der Waals surface area (Å²) in [6, 6.07) is 1.97. The van der Waals surface area contributed by atoms with Gasteiger partial charge >= 0.3 is 0 Å². The minimum Gasteiger partial charge on any atom is -0.357 e. The molecule has 0 bridgehead atoms. The lowest BCUT2D eigenvalue weighted by molar-refractivity contribution is 0.270. The van der Waals surface area contributed by atoms with Crippen LogP contribution in [0.4, 0.5) is 11.8 Å². The van der Waals surface area contributed by atoms with Gasteiger partial charge in [0.1, 0.15) is 5.82 Å². The number of hydrogen-bond donors (Lipinski definition) is 1. The molecule has 0 spiro atoms. The van der Waals surface area contributed by atoms with Crippen molar-refractivity contribution in [1.82, 2.24) is 14.9 Å². The second kappa shape index (κ2) is 5.12. The van der Waals surface area contributed by atoms with Crippen molar-refractivity contribution in [2.75, 3.05) is 50.0 Å². The minimum absolute atomic E-state index is 0.690. The molecule has 0 aliphatic carbocycles. The molecule has 1 aliphatic heterocycles. The van der Waals surface area contributed by atoms with E-state index in [1.807, 2.05) is 13.1 Å². The third-order valence-corrected chi connectivity index (χ3v) is 3.01. The number of anilines is 2. The Kier molecular flexibility index (Phi) is 3.56. The summed E-state index contributed by atoms with van der Waals surface area (Å²) in [5.74, 6) is 1.71. The average molecular weight is 221 g/mol. The van der Waals surface area contributed by atoms with Crippen LogP contribution in [-0.4, -0.2) is 54.6 Å². The van der Waals surface area contributed by atoms with Crippen molar-refractivity contribution in [2.45, 2.75) is 6.92 Å². The molecule has 16 heavy (non-hydrogen) atoms. The van der Waals surface area contributed by atoms with Crippen LogP contribution >= 0.6 is 0 Å². The Bertz CT molecular complexity index is 333. The van der Waals surface area contributed by atoms with Gasteiger partial charge in [-0.1, -0.05) is 6.92 Å². The van der Waals surface area contributed by atoms with Crippen molar-refractivity contribution in [3.63, 3.8) is 0 Å². The van der Waals surface area contributed by atoms with Crippen LogP contribution in [0.5, 0.6) is 0 Å². The maximum atomic E-state index is 4.45. The highest BCUT2D eigenvalue weighted by Gasteiger charge is 2.16. The van der Waals surface area contributed by atoms with Gasteiger partial charge in [-0.2, -0.15) is 4.98 Å². The maximum absolute atomic E-state index is 4.45. The van der Waals surface area contributed by atoms with Gasteiger partial charge in [0.25, 0.3) is 0 Å². The lowest BCUT2D eigenvalue weighted by Crippen LogP contribution is -2.46. The summed E-state index contributed by atoms with van der Waals surface area (Å²) in [6.07, 6.45) is 1.81. The number of rotatable bonds is 3. The SMILES string of the molecule is CCN1CCN(c2ccnc(NC)n2)CC1. The normalized spacial score (nSPS) is 17.5. The van der Waals surface area contributed by atoms with E-state index < -0.39 is 0 Å². The van der Waals surface area contributed by atoms with Gasteiger partial charge in [0.15, 0.2) is 0 Å². The zero-order chi connectivity index (χ0) is 11.4. The third-order valence-electron chi connectivity index (χ3n) is 3.01. The molecule has 1 aliphatic rings. The van der Waals surface area contributed by atoms with Crippen LogP contribution in [0, 0.1) is 0 Å². The van der Waals surface area contributed by atoms with Crippen molar-refractivity contribution >= 4 is 11.8 Å². The molecule has 5 heteroatoms. The van der Waals surface area contributed by atoms with E-state index in [2.05, 4.69) is 32.0 Å². The highest BCUT2D eigenvalue weighted by atomic mass is 15.3. The van der Waals surface area contributed by atoms with Gasteiger partial charge in [0, 0.05) is 39.4 Å². The van der Waals surface area contributed by atoms with Crippen LogP contribution in [0.15, 0.2) is 12.3 Å². The third kappa shape index (κ3) is 2.41. The van der Waals surface area contributed by atoms with E-state index in [4.69, 9.17) is 0 Å². The molecular weight excluding hydrogens is 202 g/mol. The largest absolute Gasteiger partial charge is 0.357 e. The van der Waals surface area contributed by atoms with Crippen molar-refractivity contribution in [3.05, 3.63) is 12.3 Å². The molecule has 0 amide bonds. The van der Waals surface area contributed by atoms with Gasteiger partial charge < -0.3 is 15.1 Å². The zero-order valence-electron chi connectivity index (χ0n) is 9.98. The molecule has 2 rings (SSSR count). The molecule has 0 aromatic carbocycles. The maximum Gasteiger partial charge on any atom is 0.224 e. The van der Waals surface area contributed by atoms with Crippen LogP contribution in [0.25, 0.3) is 0 Å². The molecule has 5 nitrogen and oxygen atoms in total. The minimum atomic E-state index is 0.690. The Balaban J connectivity index is 2.02. The molecule has 0 radical (unpaired) electrons. The van der Waals surface area contributed by atoms with Crippen molar-refractivity contribution in [3.8, 4) is 0 Å². The smallest absolute Gasteiger partial charge is 0.224 e. The highest BCUT2D eigenvalue weighted by Crippen LogP contribution is 2.14. The topological polar surface area (TPSA) is 44.3 Å². The van der Waals surface area contributed by atoms with E-state index in [0.717, 1.165) is 38.5 Å². The quantitative estimate of drug-likeness (QED) is 0.812. The van der Waals surface area contributed by atoms with E-state index in [0.29, 0.717) is 5.95 Å². The summed E-state index contributed by atoms with van der Waals surface area (Å²) in [4.78, 5) is 13.3. The molecule has 1 saturated heterocycles. The molecule has 1 aromatic heterocycles. The van der Waals surface area contributed by atoms with Gasteiger partial charge in [-0.15, -0.1) is 0 Å². The van der Waals surface area contributed by atoms with Crippen LogP contribution in [0.2, 0.25) is 0 Å². The molecule has 0 saturated carbocycles. The Hall–Kier alpha value is -1.36. The number of aromatic nitrogens is 2. The van der Waals surface area contributed by atoms with E-state index >= 15 is 0 Å². The summed E-state index contributed by atoms with van der Waals surface area (Å²) in [5, 5.41) is 2.97. The molecular formula is C11H19N5. The Morgan fingerprint density at radius 2 is 2.06 bits per heavy atom. The molecule has 0 unspecified atom stereocenters. The predicted octanol–water partition coefficient (Wildman–Crippen LogP) is 0.660. The second-order valence-electron chi connectivity index (χ2n) is 3.91. The fourth-order valence-electron chi connectivity index (χ4n) is 1.94. The van der Waals surface area contributed by atoms with Gasteiger partial charge in [-0.3, -0.25) is 0 Å². The standard InChI is InChI=1S/C11H19N5/c1-3-15-6-8-16(9-7-15)10-4-5-13-11(12-2)14-10/h4-5H,3,6-9H2,1-2H3,(H,12,13,14). The number of nitrogens with zero attached hydrogens (tertiary/aromatic N) is 4. The molecule has 0 atom stereocenters. The Morgan fingerprint density at radius 3 is 2.69 bits per heavy atom. The first-order chi connectivity index (χ1) is 7.83. The Morgan fingerprint density at radius 1 is 1.31 bits per heavy atom. The lowest BCUT2D eigenvalue weighted by Gasteiger charge is -2.34. The first-order valence-corrected chi connectivity index (χ1v) is 5.81. The Labute approximate surface area is 96.5 Å². The first-order valence-electron chi connectivity index (χ1n) is 5.81. The van der Waals surface area contributed by atoms with Crippen molar-refractivity contribution < 1.29 is 0 Å². The molecule has 1 aromatic rings. The summed E-state index contributed by atoms with van der Waals surface area (Å²) < 4.78 is 0. The van der Waals surface area contributed by atoms with Gasteiger partial charge in [0.2, 0.25) is 5.95 Å². The van der Waals surface area contributed by atoms with Gasteiger partial charge in [0.05, 0.1) is 0 Å². The summed E-state index contributed by atoms with van der Waals surface area (Å²) in [5.41, 5.74) is 0. The molecule has 1 fully saturated rings. The van der Waals surface area contributed by atoms with E-state index in [1.54, 1.807) is 6.20 Å². The van der Waals surface area contributed by atoms with Gasteiger partial charge in [-0.05, 0) is 12.6 Å². The number of piperazine rings is 1. The van der Waals surface area contributed by atoms with E-state index in [1.165, 1.54) is 0 Å². The predicted molar refractivity (Wildman–Crippen MR) is 65.9 cm³/mol. The summed E-state index contributed by atoms with van der Waals surface area (Å²) in [7, 11) is 1.84. The van der Waals surface area contributed by atoms with Crippen molar-refractivity contribution in [1.29, 1.82) is 0 Å². The van der Waals surface area contributed by atoms with Crippen LogP contribution < -0.4 is 10.2 Å². The molecule has 88 valence electrons. The first kappa shape index (κ1) is 11.1. The fraction of sp³-hybridized carbons (Fsp3) is 0.636. The van der Waals surface area contributed by atoms with Gasteiger partial charge in [-0.25, -0.2) is 4.98 Å². The monoisotopic (exact) mass is 221 g/mol. The van der Waals surface area contributed by atoms with Crippen LogP contribution in [0.3, 0.4) is 0 Å². The second-order valence-corrected chi connectivity index (χ2v) is 3.91.